The highest BCUT2D eigenvalue weighted by atomic mass is 79.9. The predicted octanol–water partition coefficient (Wildman–Crippen LogP) is 3.19. The molecule has 1 N–H and O–H groups in total. The van der Waals surface area contributed by atoms with Gasteiger partial charge in [-0.2, -0.15) is 0 Å². The van der Waals surface area contributed by atoms with Crippen molar-refractivity contribution < 1.29 is 9.18 Å². The van der Waals surface area contributed by atoms with E-state index in [0.717, 1.165) is 51.9 Å². The minimum Gasteiger partial charge on any atom is -0.338 e. The zero-order valence-corrected chi connectivity index (χ0v) is 13.6. The Morgan fingerprint density at radius 2 is 2.14 bits per heavy atom. The molecule has 1 aromatic rings. The van der Waals surface area contributed by atoms with Gasteiger partial charge in [-0.05, 0) is 50.4 Å². The molecule has 0 bridgehead atoms. The third-order valence-corrected chi connectivity index (χ3v) is 5.16. The zero-order chi connectivity index (χ0) is 14.9. The number of piperidine rings is 2. The van der Waals surface area contributed by atoms with Gasteiger partial charge in [0.2, 0.25) is 0 Å². The fourth-order valence-corrected chi connectivity index (χ4v) is 3.93. The van der Waals surface area contributed by atoms with Crippen molar-refractivity contribution in [3.8, 4) is 0 Å². The molecule has 0 aliphatic carbocycles. The normalized spacial score (nSPS) is 26.1. The van der Waals surface area contributed by atoms with E-state index in [0.29, 0.717) is 4.47 Å². The first-order chi connectivity index (χ1) is 10.1. The molecule has 2 aliphatic rings. The number of benzene rings is 1. The summed E-state index contributed by atoms with van der Waals surface area (Å²) in [6, 6.07) is 4.65. The number of hydrogen-bond acceptors (Lipinski definition) is 2. The number of nitrogens with one attached hydrogen (secondary N) is 1. The molecule has 0 radical (unpaired) electrons. The van der Waals surface area contributed by atoms with E-state index in [-0.39, 0.29) is 16.9 Å². The Balaban J connectivity index is 1.77. The fourth-order valence-electron chi connectivity index (χ4n) is 3.59. The first-order valence-corrected chi connectivity index (χ1v) is 8.34. The topological polar surface area (TPSA) is 32.3 Å². The highest BCUT2D eigenvalue weighted by molar-refractivity contribution is 9.10. The fraction of sp³-hybridized carbons (Fsp3) is 0.562. The molecule has 3 rings (SSSR count). The minimum absolute atomic E-state index is 0.176. The Kier molecular flexibility index (Phi) is 4.31. The van der Waals surface area contributed by atoms with Crippen molar-refractivity contribution in [2.45, 2.75) is 25.7 Å². The van der Waals surface area contributed by atoms with E-state index in [1.807, 2.05) is 4.90 Å². The van der Waals surface area contributed by atoms with Gasteiger partial charge in [-0.25, -0.2) is 4.39 Å². The molecule has 5 heteroatoms. The van der Waals surface area contributed by atoms with Crippen molar-refractivity contribution >= 4 is 21.8 Å². The number of halogens is 2. The van der Waals surface area contributed by atoms with Gasteiger partial charge in [0.05, 0.1) is 5.56 Å². The largest absolute Gasteiger partial charge is 0.338 e. The second-order valence-corrected chi connectivity index (χ2v) is 7.15. The maximum Gasteiger partial charge on any atom is 0.256 e. The van der Waals surface area contributed by atoms with Crippen LogP contribution in [0.3, 0.4) is 0 Å². The summed E-state index contributed by atoms with van der Waals surface area (Å²) in [5, 5.41) is 3.45. The van der Waals surface area contributed by atoms with Crippen molar-refractivity contribution in [2.24, 2.45) is 5.41 Å². The van der Waals surface area contributed by atoms with Crippen LogP contribution in [0.2, 0.25) is 0 Å². The Hall–Kier alpha value is -0.940. The third-order valence-electron chi connectivity index (χ3n) is 4.67. The molecular weight excluding hydrogens is 335 g/mol. The standard InChI is InChI=1S/C16H20BrFN2O/c17-12-3-4-13(14(18)9-12)15(21)20-8-2-6-16(11-20)5-1-7-19-10-16/h3-4,9,19H,1-2,5-8,10-11H2. The second-order valence-electron chi connectivity index (χ2n) is 6.23. The minimum atomic E-state index is -0.448. The van der Waals surface area contributed by atoms with E-state index >= 15 is 0 Å². The first kappa shape index (κ1) is 15.0. The highest BCUT2D eigenvalue weighted by Crippen LogP contribution is 2.36. The number of carbonyl (C=O) groups excluding carboxylic acids is 1. The quantitative estimate of drug-likeness (QED) is 0.839. The second kappa shape index (κ2) is 6.05. The SMILES string of the molecule is O=C(c1ccc(Br)cc1F)N1CCCC2(CCCNC2)C1. The Bertz CT molecular complexity index is 538. The summed E-state index contributed by atoms with van der Waals surface area (Å²) in [5.41, 5.74) is 0.372. The number of carbonyl (C=O) groups is 1. The predicted molar refractivity (Wildman–Crippen MR) is 83.8 cm³/mol. The summed E-state index contributed by atoms with van der Waals surface area (Å²) in [6.45, 7) is 3.51. The van der Waals surface area contributed by atoms with Crippen LogP contribution in [0.4, 0.5) is 4.39 Å². The Morgan fingerprint density at radius 3 is 2.86 bits per heavy atom. The van der Waals surface area contributed by atoms with Gasteiger partial charge in [-0.15, -0.1) is 0 Å². The molecular formula is C16H20BrFN2O. The molecule has 1 spiro atoms. The van der Waals surface area contributed by atoms with Crippen LogP contribution in [0.5, 0.6) is 0 Å². The molecule has 0 aromatic heterocycles. The first-order valence-electron chi connectivity index (χ1n) is 7.55. The van der Waals surface area contributed by atoms with E-state index in [1.165, 1.54) is 6.07 Å². The monoisotopic (exact) mass is 354 g/mol. The lowest BCUT2D eigenvalue weighted by Crippen LogP contribution is -2.52. The molecule has 1 unspecified atom stereocenters. The van der Waals surface area contributed by atoms with Crippen LogP contribution < -0.4 is 5.32 Å². The number of hydrogen-bond donors (Lipinski definition) is 1. The maximum atomic E-state index is 14.0. The highest BCUT2D eigenvalue weighted by Gasteiger charge is 2.38. The summed E-state index contributed by atoms with van der Waals surface area (Å²) < 4.78 is 14.7. The third kappa shape index (κ3) is 3.14. The molecule has 1 atom stereocenters. The molecule has 3 nitrogen and oxygen atoms in total. The van der Waals surface area contributed by atoms with Crippen LogP contribution >= 0.6 is 15.9 Å². The van der Waals surface area contributed by atoms with Gasteiger partial charge in [-0.1, -0.05) is 15.9 Å². The zero-order valence-electron chi connectivity index (χ0n) is 12.0. The molecule has 1 amide bonds. The van der Waals surface area contributed by atoms with Gasteiger partial charge in [0.15, 0.2) is 0 Å². The maximum absolute atomic E-state index is 14.0. The van der Waals surface area contributed by atoms with Crippen molar-refractivity contribution in [1.29, 1.82) is 0 Å². The molecule has 2 heterocycles. The molecule has 2 aliphatic heterocycles. The van der Waals surface area contributed by atoms with Crippen LogP contribution in [-0.4, -0.2) is 37.0 Å². The van der Waals surface area contributed by atoms with E-state index in [4.69, 9.17) is 0 Å². The van der Waals surface area contributed by atoms with Gasteiger partial charge >= 0.3 is 0 Å². The number of rotatable bonds is 1. The molecule has 0 saturated carbocycles. The number of likely N-dealkylation sites (tertiary alicyclic amines) is 1. The molecule has 114 valence electrons. The van der Waals surface area contributed by atoms with E-state index in [1.54, 1.807) is 12.1 Å². The summed E-state index contributed by atoms with van der Waals surface area (Å²) >= 11 is 3.23. The van der Waals surface area contributed by atoms with Crippen LogP contribution in [0.25, 0.3) is 0 Å². The van der Waals surface area contributed by atoms with Crippen molar-refractivity contribution in [3.05, 3.63) is 34.1 Å². The van der Waals surface area contributed by atoms with Gasteiger partial charge in [-0.3, -0.25) is 4.79 Å². The van der Waals surface area contributed by atoms with Crippen molar-refractivity contribution in [2.75, 3.05) is 26.2 Å². The van der Waals surface area contributed by atoms with E-state index < -0.39 is 5.82 Å². The average Bonchev–Trinajstić information content (AvgIpc) is 2.47. The van der Waals surface area contributed by atoms with Crippen LogP contribution in [0.1, 0.15) is 36.0 Å². The summed E-state index contributed by atoms with van der Waals surface area (Å²) in [7, 11) is 0. The van der Waals surface area contributed by atoms with Crippen LogP contribution in [0, 0.1) is 11.2 Å². The smallest absolute Gasteiger partial charge is 0.256 e. The Labute approximate surface area is 133 Å². The summed E-state index contributed by atoms with van der Waals surface area (Å²) in [6.07, 6.45) is 4.49. The summed E-state index contributed by atoms with van der Waals surface area (Å²) in [5.74, 6) is -0.625. The Morgan fingerprint density at radius 1 is 1.33 bits per heavy atom. The lowest BCUT2D eigenvalue weighted by molar-refractivity contribution is 0.0430. The lowest BCUT2D eigenvalue weighted by atomic mass is 9.74. The average molecular weight is 355 g/mol. The van der Waals surface area contributed by atoms with Crippen molar-refractivity contribution in [3.63, 3.8) is 0 Å². The number of amides is 1. The van der Waals surface area contributed by atoms with Crippen LogP contribution in [-0.2, 0) is 0 Å². The van der Waals surface area contributed by atoms with Gasteiger partial charge in [0, 0.05) is 29.5 Å². The van der Waals surface area contributed by atoms with Gasteiger partial charge in [0.25, 0.3) is 5.91 Å². The van der Waals surface area contributed by atoms with E-state index in [2.05, 4.69) is 21.2 Å². The lowest BCUT2D eigenvalue weighted by Gasteiger charge is -2.45. The molecule has 21 heavy (non-hydrogen) atoms. The van der Waals surface area contributed by atoms with Crippen molar-refractivity contribution in [1.82, 2.24) is 10.2 Å². The van der Waals surface area contributed by atoms with Gasteiger partial charge < -0.3 is 10.2 Å². The van der Waals surface area contributed by atoms with Gasteiger partial charge in [0.1, 0.15) is 5.82 Å². The van der Waals surface area contributed by atoms with E-state index in [9.17, 15) is 9.18 Å². The molecule has 1 aromatic carbocycles. The number of nitrogens with zero attached hydrogens (tertiary/aromatic N) is 1. The molecule has 2 saturated heterocycles. The van der Waals surface area contributed by atoms with Crippen LogP contribution in [0.15, 0.2) is 22.7 Å². The summed E-state index contributed by atoms with van der Waals surface area (Å²) in [4.78, 5) is 14.4. The molecule has 2 fully saturated rings.